The van der Waals surface area contributed by atoms with Crippen molar-refractivity contribution in [3.8, 4) is 0 Å². The van der Waals surface area contributed by atoms with E-state index in [9.17, 15) is 33.6 Å². The average molecular weight is 705 g/mol. The van der Waals surface area contributed by atoms with Crippen LogP contribution in [0.5, 0.6) is 0 Å². The Labute approximate surface area is 295 Å². The molecule has 13 heteroatoms. The number of hydrogen-bond acceptors (Lipinski definition) is 11. The van der Waals surface area contributed by atoms with Crippen molar-refractivity contribution in [1.82, 2.24) is 9.80 Å². The summed E-state index contributed by atoms with van der Waals surface area (Å²) in [5, 5.41) is 4.77. The summed E-state index contributed by atoms with van der Waals surface area (Å²) in [5.41, 5.74) is 0.820. The average Bonchev–Trinajstić information content (AvgIpc) is 3.16. The number of imide groups is 2. The van der Waals surface area contributed by atoms with Crippen LogP contribution in [0.2, 0.25) is 0 Å². The zero-order valence-corrected chi connectivity index (χ0v) is 28.7. The van der Waals surface area contributed by atoms with Crippen molar-refractivity contribution in [1.29, 1.82) is 0 Å². The number of rotatable bonds is 11. The lowest BCUT2D eigenvalue weighted by atomic mass is 9.82. The van der Waals surface area contributed by atoms with Crippen molar-refractivity contribution >= 4 is 84.6 Å². The van der Waals surface area contributed by atoms with Gasteiger partial charge in [-0.25, -0.2) is 9.59 Å². The molecule has 0 N–H and O–H groups in total. The van der Waals surface area contributed by atoms with Crippen LogP contribution in [0.25, 0.3) is 43.1 Å². The topological polar surface area (TPSA) is 163 Å². The second-order valence-electron chi connectivity index (χ2n) is 12.6. The number of allylic oxidation sites excluding steroid dienone is 1. The Hall–Kier alpha value is -6.37. The maximum atomic E-state index is 14.1. The van der Waals surface area contributed by atoms with E-state index >= 15 is 0 Å². The zero-order chi connectivity index (χ0) is 37.2. The second-order valence-corrected chi connectivity index (χ2v) is 12.6. The molecular weight excluding hydrogens is 672 g/mol. The van der Waals surface area contributed by atoms with Crippen LogP contribution in [0.15, 0.2) is 60.9 Å². The van der Waals surface area contributed by atoms with Gasteiger partial charge >= 0.3 is 17.9 Å². The van der Waals surface area contributed by atoms with Gasteiger partial charge < -0.3 is 18.9 Å². The highest BCUT2D eigenvalue weighted by Gasteiger charge is 2.44. The van der Waals surface area contributed by atoms with Crippen LogP contribution in [0.1, 0.15) is 67.1 Å². The second kappa shape index (κ2) is 12.7. The number of amides is 4. The third kappa shape index (κ3) is 4.87. The minimum atomic E-state index is -1.37. The Morgan fingerprint density at radius 3 is 1.17 bits per heavy atom. The molecule has 0 aliphatic carbocycles. The minimum absolute atomic E-state index is 0.0477. The number of nitrogens with zero attached hydrogens (tertiary/aromatic N) is 2. The van der Waals surface area contributed by atoms with Crippen molar-refractivity contribution in [2.24, 2.45) is 0 Å². The van der Waals surface area contributed by atoms with Crippen LogP contribution < -0.4 is 0 Å². The fraction of sp³-hybridized carbons (Fsp3) is 0.256. The van der Waals surface area contributed by atoms with Gasteiger partial charge in [0, 0.05) is 45.9 Å². The van der Waals surface area contributed by atoms with E-state index in [4.69, 9.17) is 18.9 Å². The van der Waals surface area contributed by atoms with Crippen LogP contribution in [-0.2, 0) is 33.3 Å². The van der Waals surface area contributed by atoms with Crippen molar-refractivity contribution in [3.63, 3.8) is 0 Å². The van der Waals surface area contributed by atoms with E-state index in [1.807, 2.05) is 0 Å². The van der Waals surface area contributed by atoms with E-state index in [-0.39, 0.29) is 47.9 Å². The number of ether oxygens (including phenoxy) is 4. The van der Waals surface area contributed by atoms with Crippen molar-refractivity contribution < 1.29 is 52.5 Å². The molecule has 13 nitrogen and oxygen atoms in total. The number of hydrogen-bond donors (Lipinski definition) is 0. The Kier molecular flexibility index (Phi) is 8.36. The molecule has 52 heavy (non-hydrogen) atoms. The summed E-state index contributed by atoms with van der Waals surface area (Å²) in [6.07, 6.45) is -0.166. The van der Waals surface area contributed by atoms with Crippen LogP contribution >= 0.6 is 0 Å². The lowest BCUT2D eigenvalue weighted by molar-refractivity contribution is -0.147. The number of fused-ring (bicyclic) bond motifs is 2. The molecule has 5 aromatic rings. The van der Waals surface area contributed by atoms with Gasteiger partial charge in [0.2, 0.25) is 0 Å². The molecule has 2 unspecified atom stereocenters. The molecule has 5 aromatic carbocycles. The normalized spacial score (nSPS) is 15.1. The number of carbonyl (C=O) groups excluding carboxylic acids is 7. The molecule has 0 saturated carbocycles. The number of esters is 3. The van der Waals surface area contributed by atoms with E-state index in [2.05, 4.69) is 6.58 Å². The number of carbonyl (C=O) groups is 7. The maximum absolute atomic E-state index is 14.1. The number of methoxy groups -OCH3 is 4. The van der Waals surface area contributed by atoms with Gasteiger partial charge in [-0.1, -0.05) is 30.8 Å². The van der Waals surface area contributed by atoms with Crippen molar-refractivity contribution in [2.75, 3.05) is 28.4 Å². The highest BCUT2D eigenvalue weighted by atomic mass is 16.5. The first-order chi connectivity index (χ1) is 25.0. The highest BCUT2D eigenvalue weighted by molar-refractivity contribution is 6.41. The Balaban J connectivity index is 1.39. The summed E-state index contributed by atoms with van der Waals surface area (Å²) >= 11 is 0. The van der Waals surface area contributed by atoms with Gasteiger partial charge in [-0.2, -0.15) is 0 Å². The van der Waals surface area contributed by atoms with Gasteiger partial charge in [-0.15, -0.1) is 0 Å². The molecule has 2 aliphatic rings. The first-order valence-electron chi connectivity index (χ1n) is 16.4. The lowest BCUT2D eigenvalue weighted by Crippen LogP contribution is -2.51. The summed E-state index contributed by atoms with van der Waals surface area (Å²) in [6.45, 7) is 3.78. The van der Waals surface area contributed by atoms with Gasteiger partial charge in [-0.05, 0) is 69.4 Å². The molecule has 0 radical (unpaired) electrons. The predicted molar refractivity (Wildman–Crippen MR) is 187 cm³/mol. The van der Waals surface area contributed by atoms with Gasteiger partial charge in [0.1, 0.15) is 12.1 Å². The summed E-state index contributed by atoms with van der Waals surface area (Å²) in [4.78, 5) is 95.9. The van der Waals surface area contributed by atoms with E-state index in [0.29, 0.717) is 48.8 Å². The molecule has 0 aromatic heterocycles. The Bertz CT molecular complexity index is 2160. The molecule has 2 heterocycles. The number of benzene rings is 5. The molecule has 0 spiro atoms. The first kappa shape index (κ1) is 34.1. The molecule has 0 bridgehead atoms. The summed E-state index contributed by atoms with van der Waals surface area (Å²) in [7, 11) is 4.96. The third-order valence-corrected chi connectivity index (χ3v) is 10.1. The molecule has 2 atom stereocenters. The monoisotopic (exact) mass is 704 g/mol. The molecule has 0 fully saturated rings. The highest BCUT2D eigenvalue weighted by Crippen LogP contribution is 2.46. The van der Waals surface area contributed by atoms with E-state index in [0.717, 1.165) is 16.9 Å². The van der Waals surface area contributed by atoms with E-state index in [1.54, 1.807) is 48.5 Å². The van der Waals surface area contributed by atoms with Crippen molar-refractivity contribution in [2.45, 2.75) is 37.8 Å². The van der Waals surface area contributed by atoms with Crippen LogP contribution in [-0.4, -0.2) is 91.9 Å². The molecule has 264 valence electrons. The Morgan fingerprint density at radius 1 is 0.519 bits per heavy atom. The van der Waals surface area contributed by atoms with Gasteiger partial charge in [-0.3, -0.25) is 33.8 Å². The summed E-state index contributed by atoms with van der Waals surface area (Å²) < 4.78 is 19.7. The quantitative estimate of drug-likeness (QED) is 0.0459. The molecule has 0 saturated heterocycles. The van der Waals surface area contributed by atoms with E-state index < -0.39 is 53.6 Å². The van der Waals surface area contributed by atoms with Crippen LogP contribution in [0.4, 0.5) is 0 Å². The minimum Gasteiger partial charge on any atom is -0.502 e. The smallest absolute Gasteiger partial charge is 0.329 e. The van der Waals surface area contributed by atoms with Gasteiger partial charge in [0.05, 0.1) is 34.2 Å². The standard InChI is InChI=1S/C39H32N2O11/c1-18(49-2)6-15-27(38(47)51-4)40-34(43)23-11-7-19-21-9-13-25-33-26(37(46)41(36(25)45)28(39(48)52-5)16-17-29(42)50-3)14-10-22(31(21)33)20-8-12-24(35(40)44)32(23)30(19)20/h7-14,27-28H,1,6,15-17H2,2-5H3. The maximum Gasteiger partial charge on any atom is 0.329 e. The zero-order valence-electron chi connectivity index (χ0n) is 28.7. The fourth-order valence-corrected chi connectivity index (χ4v) is 7.60. The summed E-state index contributed by atoms with van der Waals surface area (Å²) in [6, 6.07) is 10.8. The lowest BCUT2D eigenvalue weighted by Gasteiger charge is -2.34. The third-order valence-electron chi connectivity index (χ3n) is 10.1. The molecule has 7 rings (SSSR count). The van der Waals surface area contributed by atoms with Crippen LogP contribution in [0, 0.1) is 0 Å². The molecule has 2 aliphatic heterocycles. The fourth-order valence-electron chi connectivity index (χ4n) is 7.60. The van der Waals surface area contributed by atoms with E-state index in [1.165, 1.54) is 21.3 Å². The van der Waals surface area contributed by atoms with Gasteiger partial charge in [0.25, 0.3) is 23.6 Å². The predicted octanol–water partition coefficient (Wildman–Crippen LogP) is 4.91. The summed E-state index contributed by atoms with van der Waals surface area (Å²) in [5.74, 6) is -4.59. The largest absolute Gasteiger partial charge is 0.502 e. The molecular formula is C39H32N2O11. The molecule has 4 amide bonds. The van der Waals surface area contributed by atoms with Gasteiger partial charge in [0.15, 0.2) is 0 Å². The first-order valence-corrected chi connectivity index (χ1v) is 16.4. The van der Waals surface area contributed by atoms with Crippen LogP contribution in [0.3, 0.4) is 0 Å². The SMILES string of the molecule is C=C(CCC(C(=O)OC)N1C(=O)c2ccc3c4ccc5c6c(ccc(c7ccc(c2c37)C1=O)c64)C(=O)N(C(CCC(=O)OC)C(=O)OC)C5=O)OC. The Morgan fingerprint density at radius 2 is 0.865 bits per heavy atom. The van der Waals surface area contributed by atoms with Crippen molar-refractivity contribution in [3.05, 3.63) is 83.1 Å².